The van der Waals surface area contributed by atoms with Crippen LogP contribution in [0.1, 0.15) is 44.9 Å². The summed E-state index contributed by atoms with van der Waals surface area (Å²) >= 11 is 0. The average Bonchev–Trinajstić information content (AvgIpc) is 2.85. The molecule has 2 atom stereocenters. The van der Waals surface area contributed by atoms with Crippen LogP contribution in [0.25, 0.3) is 0 Å². The van der Waals surface area contributed by atoms with Gasteiger partial charge in [0.1, 0.15) is 0 Å². The van der Waals surface area contributed by atoms with Crippen LogP contribution in [0.3, 0.4) is 0 Å². The summed E-state index contributed by atoms with van der Waals surface area (Å²) in [5, 5.41) is 22.6. The van der Waals surface area contributed by atoms with Crippen molar-refractivity contribution >= 4 is 0 Å². The predicted octanol–water partition coefficient (Wildman–Crippen LogP) is 1.04. The van der Waals surface area contributed by atoms with Gasteiger partial charge in [-0.25, -0.2) is 0 Å². The first-order valence-electron chi connectivity index (χ1n) is 6.28. The number of rotatable bonds is 4. The lowest BCUT2D eigenvalue weighted by Crippen LogP contribution is -2.43. The lowest BCUT2D eigenvalue weighted by Gasteiger charge is -2.29. The maximum Gasteiger partial charge on any atom is 0.0693 e. The van der Waals surface area contributed by atoms with Crippen LogP contribution in [-0.4, -0.2) is 35.5 Å². The largest absolute Gasteiger partial charge is 0.396 e. The van der Waals surface area contributed by atoms with Gasteiger partial charge in [-0.15, -0.1) is 0 Å². The standard InChI is InChI=1S/C12H23NO2/c14-9-12(6-1-2-7-12)8-13-10-4-3-5-11(10)15/h10-11,13-15H,1-9H2. The van der Waals surface area contributed by atoms with Crippen LogP contribution >= 0.6 is 0 Å². The van der Waals surface area contributed by atoms with E-state index < -0.39 is 0 Å². The molecule has 0 aromatic rings. The highest BCUT2D eigenvalue weighted by Crippen LogP contribution is 2.37. The third-order valence-electron chi connectivity index (χ3n) is 4.22. The van der Waals surface area contributed by atoms with E-state index in [0.717, 1.165) is 38.6 Å². The molecule has 15 heavy (non-hydrogen) atoms. The van der Waals surface area contributed by atoms with Crippen molar-refractivity contribution in [2.24, 2.45) is 5.41 Å². The van der Waals surface area contributed by atoms with E-state index in [2.05, 4.69) is 5.32 Å². The normalized spacial score (nSPS) is 34.8. The molecule has 2 aliphatic carbocycles. The molecule has 3 N–H and O–H groups in total. The predicted molar refractivity (Wildman–Crippen MR) is 59.6 cm³/mol. The monoisotopic (exact) mass is 213 g/mol. The zero-order valence-corrected chi connectivity index (χ0v) is 9.41. The molecule has 3 nitrogen and oxygen atoms in total. The summed E-state index contributed by atoms with van der Waals surface area (Å²) in [5.74, 6) is 0. The van der Waals surface area contributed by atoms with Crippen LogP contribution in [-0.2, 0) is 0 Å². The molecule has 0 aliphatic heterocycles. The summed E-state index contributed by atoms with van der Waals surface area (Å²) in [5.41, 5.74) is 0.113. The molecular formula is C12H23NO2. The molecule has 0 saturated heterocycles. The molecule has 0 aromatic heterocycles. The van der Waals surface area contributed by atoms with E-state index >= 15 is 0 Å². The Labute approximate surface area is 91.9 Å². The van der Waals surface area contributed by atoms with Gasteiger partial charge in [-0.05, 0) is 32.1 Å². The Kier molecular flexibility index (Phi) is 3.65. The summed E-state index contributed by atoms with van der Waals surface area (Å²) in [4.78, 5) is 0. The first kappa shape index (κ1) is 11.4. The zero-order valence-electron chi connectivity index (χ0n) is 9.41. The van der Waals surface area contributed by atoms with E-state index in [9.17, 15) is 10.2 Å². The quantitative estimate of drug-likeness (QED) is 0.654. The minimum atomic E-state index is -0.165. The lowest BCUT2D eigenvalue weighted by atomic mass is 9.87. The molecule has 2 aliphatic rings. The van der Waals surface area contributed by atoms with Crippen molar-refractivity contribution in [3.05, 3.63) is 0 Å². The van der Waals surface area contributed by atoms with Crippen molar-refractivity contribution in [1.82, 2.24) is 5.32 Å². The van der Waals surface area contributed by atoms with Gasteiger partial charge in [-0.1, -0.05) is 12.8 Å². The average molecular weight is 213 g/mol. The Balaban J connectivity index is 1.80. The third-order valence-corrected chi connectivity index (χ3v) is 4.22. The fourth-order valence-corrected chi connectivity index (χ4v) is 3.04. The number of hydrogen-bond donors (Lipinski definition) is 3. The number of hydrogen-bond acceptors (Lipinski definition) is 3. The molecule has 2 saturated carbocycles. The molecule has 3 heteroatoms. The Bertz CT molecular complexity index is 202. The van der Waals surface area contributed by atoms with Crippen LogP contribution in [0.5, 0.6) is 0 Å². The second kappa shape index (κ2) is 4.81. The highest BCUT2D eigenvalue weighted by atomic mass is 16.3. The second-order valence-electron chi connectivity index (χ2n) is 5.35. The van der Waals surface area contributed by atoms with Crippen LogP contribution in [0, 0.1) is 5.41 Å². The second-order valence-corrected chi connectivity index (χ2v) is 5.35. The minimum absolute atomic E-state index is 0.113. The molecule has 2 unspecified atom stereocenters. The maximum atomic E-state index is 9.69. The number of aliphatic hydroxyl groups is 2. The SMILES string of the molecule is OCC1(CNC2CCCC2O)CCCC1. The molecule has 0 amide bonds. The molecular weight excluding hydrogens is 190 g/mol. The first-order valence-corrected chi connectivity index (χ1v) is 6.28. The van der Waals surface area contributed by atoms with Crippen molar-refractivity contribution in [1.29, 1.82) is 0 Å². The van der Waals surface area contributed by atoms with Crippen molar-refractivity contribution in [2.75, 3.05) is 13.2 Å². The molecule has 88 valence electrons. The zero-order chi connectivity index (χ0) is 10.7. The van der Waals surface area contributed by atoms with Gasteiger partial charge in [-0.2, -0.15) is 0 Å². The van der Waals surface area contributed by atoms with Gasteiger partial charge in [-0.3, -0.25) is 0 Å². The van der Waals surface area contributed by atoms with Gasteiger partial charge in [0, 0.05) is 24.6 Å². The topological polar surface area (TPSA) is 52.5 Å². The van der Waals surface area contributed by atoms with Gasteiger partial charge in [0.2, 0.25) is 0 Å². The first-order chi connectivity index (χ1) is 7.26. The van der Waals surface area contributed by atoms with Crippen molar-refractivity contribution in [3.63, 3.8) is 0 Å². The Morgan fingerprint density at radius 2 is 1.87 bits per heavy atom. The van der Waals surface area contributed by atoms with Crippen LogP contribution in [0.15, 0.2) is 0 Å². The van der Waals surface area contributed by atoms with Crippen LogP contribution in [0.2, 0.25) is 0 Å². The minimum Gasteiger partial charge on any atom is -0.396 e. The highest BCUT2D eigenvalue weighted by molar-refractivity contribution is 4.90. The van der Waals surface area contributed by atoms with Crippen molar-refractivity contribution < 1.29 is 10.2 Å². The van der Waals surface area contributed by atoms with Crippen LogP contribution < -0.4 is 5.32 Å². The van der Waals surface area contributed by atoms with Gasteiger partial charge in [0.25, 0.3) is 0 Å². The van der Waals surface area contributed by atoms with Gasteiger partial charge in [0.15, 0.2) is 0 Å². The molecule has 0 radical (unpaired) electrons. The fraction of sp³-hybridized carbons (Fsp3) is 1.00. The molecule has 2 rings (SSSR count). The van der Waals surface area contributed by atoms with E-state index in [0.29, 0.717) is 6.61 Å². The summed E-state index contributed by atoms with van der Waals surface area (Å²) in [6, 6.07) is 0.272. The van der Waals surface area contributed by atoms with Gasteiger partial charge < -0.3 is 15.5 Å². The summed E-state index contributed by atoms with van der Waals surface area (Å²) in [6.07, 6.45) is 7.75. The third kappa shape index (κ3) is 2.52. The van der Waals surface area contributed by atoms with E-state index in [1.807, 2.05) is 0 Å². The van der Waals surface area contributed by atoms with Gasteiger partial charge >= 0.3 is 0 Å². The molecule has 0 heterocycles. The molecule has 0 spiro atoms. The van der Waals surface area contributed by atoms with E-state index in [4.69, 9.17) is 0 Å². The summed E-state index contributed by atoms with van der Waals surface area (Å²) in [7, 11) is 0. The fourth-order valence-electron chi connectivity index (χ4n) is 3.04. The van der Waals surface area contributed by atoms with Crippen molar-refractivity contribution in [3.8, 4) is 0 Å². The van der Waals surface area contributed by atoms with E-state index in [1.54, 1.807) is 0 Å². The van der Waals surface area contributed by atoms with E-state index in [-0.39, 0.29) is 17.6 Å². The molecule has 0 aromatic carbocycles. The maximum absolute atomic E-state index is 9.69. The van der Waals surface area contributed by atoms with Crippen LogP contribution in [0.4, 0.5) is 0 Å². The van der Waals surface area contributed by atoms with Gasteiger partial charge in [0.05, 0.1) is 6.10 Å². The number of nitrogens with one attached hydrogen (secondary N) is 1. The summed E-state index contributed by atoms with van der Waals surface area (Å²) < 4.78 is 0. The Morgan fingerprint density at radius 1 is 1.13 bits per heavy atom. The molecule has 0 bridgehead atoms. The van der Waals surface area contributed by atoms with E-state index in [1.165, 1.54) is 12.8 Å². The highest BCUT2D eigenvalue weighted by Gasteiger charge is 2.35. The van der Waals surface area contributed by atoms with Crippen molar-refractivity contribution in [2.45, 2.75) is 57.1 Å². The number of aliphatic hydroxyl groups excluding tert-OH is 2. The molecule has 2 fully saturated rings. The Hall–Kier alpha value is -0.120. The Morgan fingerprint density at radius 3 is 2.40 bits per heavy atom. The lowest BCUT2D eigenvalue weighted by molar-refractivity contribution is 0.104. The summed E-state index contributed by atoms with van der Waals surface area (Å²) in [6.45, 7) is 1.17. The smallest absolute Gasteiger partial charge is 0.0693 e.